The van der Waals surface area contributed by atoms with E-state index in [-0.39, 0.29) is 0 Å². The summed E-state index contributed by atoms with van der Waals surface area (Å²) in [4.78, 5) is 32.9. The summed E-state index contributed by atoms with van der Waals surface area (Å²) in [5.41, 5.74) is 4.75. The monoisotopic (exact) mass is 252 g/mol. The number of nitrogens with two attached hydrogens (primary N) is 1. The summed E-state index contributed by atoms with van der Waals surface area (Å²) in [7, 11) is 0. The zero-order chi connectivity index (χ0) is 13.5. The summed E-state index contributed by atoms with van der Waals surface area (Å²) < 4.78 is 9.68. The number of amides is 3. The third kappa shape index (κ3) is 4.52. The second kappa shape index (κ2) is 6.24. The number of imide groups is 1. The molecule has 0 aliphatic carbocycles. The Bertz CT molecular complexity index is 464. The topological polar surface area (TPSA) is 112 Å². The lowest BCUT2D eigenvalue weighted by atomic mass is 10.3. The van der Waals surface area contributed by atoms with Crippen molar-refractivity contribution in [1.29, 1.82) is 0 Å². The van der Waals surface area contributed by atoms with Gasteiger partial charge in [-0.25, -0.2) is 9.59 Å². The molecule has 1 rings (SSSR count). The molecule has 0 saturated heterocycles. The van der Waals surface area contributed by atoms with Gasteiger partial charge in [-0.2, -0.15) is 0 Å². The van der Waals surface area contributed by atoms with E-state index in [0.717, 1.165) is 6.08 Å². The van der Waals surface area contributed by atoms with Crippen LogP contribution in [0.3, 0.4) is 0 Å². The molecule has 0 aliphatic rings. The molecule has 1 heterocycles. The Hall–Kier alpha value is -2.57. The van der Waals surface area contributed by atoms with E-state index in [9.17, 15) is 14.4 Å². The van der Waals surface area contributed by atoms with Crippen LogP contribution in [0.15, 0.2) is 28.9 Å². The maximum atomic E-state index is 11.3. The van der Waals surface area contributed by atoms with Crippen molar-refractivity contribution in [3.63, 3.8) is 0 Å². The van der Waals surface area contributed by atoms with E-state index in [1.807, 2.05) is 0 Å². The zero-order valence-corrected chi connectivity index (χ0v) is 9.58. The number of esters is 1. The van der Waals surface area contributed by atoms with E-state index in [4.69, 9.17) is 14.9 Å². The van der Waals surface area contributed by atoms with Gasteiger partial charge < -0.3 is 14.9 Å². The lowest BCUT2D eigenvalue weighted by molar-refractivity contribution is -0.149. The predicted molar refractivity (Wildman–Crippen MR) is 61.0 cm³/mol. The van der Waals surface area contributed by atoms with Crippen LogP contribution in [0.2, 0.25) is 0 Å². The van der Waals surface area contributed by atoms with E-state index >= 15 is 0 Å². The highest BCUT2D eigenvalue weighted by Crippen LogP contribution is 2.03. The van der Waals surface area contributed by atoms with Crippen molar-refractivity contribution < 1.29 is 23.5 Å². The van der Waals surface area contributed by atoms with Crippen LogP contribution in [0.25, 0.3) is 6.08 Å². The van der Waals surface area contributed by atoms with Crippen molar-refractivity contribution in [2.75, 3.05) is 0 Å². The Labute approximate surface area is 103 Å². The van der Waals surface area contributed by atoms with Crippen LogP contribution >= 0.6 is 0 Å². The van der Waals surface area contributed by atoms with Crippen LogP contribution < -0.4 is 11.1 Å². The maximum absolute atomic E-state index is 11.3. The largest absolute Gasteiger partial charge is 0.465 e. The normalized spacial score (nSPS) is 12.1. The van der Waals surface area contributed by atoms with Gasteiger partial charge >= 0.3 is 12.0 Å². The van der Waals surface area contributed by atoms with Crippen LogP contribution in [0.5, 0.6) is 0 Å². The Morgan fingerprint density at radius 2 is 2.22 bits per heavy atom. The summed E-state index contributed by atoms with van der Waals surface area (Å²) >= 11 is 0. The van der Waals surface area contributed by atoms with Gasteiger partial charge in [-0.05, 0) is 25.1 Å². The first-order valence-electron chi connectivity index (χ1n) is 5.01. The van der Waals surface area contributed by atoms with Crippen molar-refractivity contribution in [3.05, 3.63) is 30.2 Å². The van der Waals surface area contributed by atoms with Gasteiger partial charge in [0.1, 0.15) is 5.76 Å². The molecule has 3 amide bonds. The smallest absolute Gasteiger partial charge is 0.331 e. The van der Waals surface area contributed by atoms with Crippen molar-refractivity contribution in [3.8, 4) is 0 Å². The fraction of sp³-hybridized carbons (Fsp3) is 0.182. The Morgan fingerprint density at radius 1 is 1.50 bits per heavy atom. The number of carbonyl (C=O) groups excluding carboxylic acids is 3. The highest BCUT2D eigenvalue weighted by atomic mass is 16.5. The molecule has 1 aromatic heterocycles. The van der Waals surface area contributed by atoms with Gasteiger partial charge in [-0.1, -0.05) is 0 Å². The number of furan rings is 1. The molecule has 1 atom stereocenters. The van der Waals surface area contributed by atoms with Crippen molar-refractivity contribution >= 4 is 24.0 Å². The molecule has 7 nitrogen and oxygen atoms in total. The minimum atomic E-state index is -1.12. The SMILES string of the molecule is C[C@H](OC(=O)/C=C/c1ccco1)C(=O)NC(N)=O. The second-order valence-electron chi connectivity index (χ2n) is 3.28. The van der Waals surface area contributed by atoms with Gasteiger partial charge in [0.05, 0.1) is 6.26 Å². The molecule has 0 aromatic carbocycles. The summed E-state index contributed by atoms with van der Waals surface area (Å²) in [6, 6.07) is 2.30. The van der Waals surface area contributed by atoms with Crippen LogP contribution in [0.4, 0.5) is 4.79 Å². The van der Waals surface area contributed by atoms with E-state index in [1.54, 1.807) is 17.4 Å². The molecule has 1 aromatic rings. The molecule has 7 heteroatoms. The van der Waals surface area contributed by atoms with E-state index in [1.165, 1.54) is 19.3 Å². The van der Waals surface area contributed by atoms with Gasteiger partial charge in [0.25, 0.3) is 5.91 Å². The summed E-state index contributed by atoms with van der Waals surface area (Å²) in [6.07, 6.45) is 2.83. The van der Waals surface area contributed by atoms with E-state index in [0.29, 0.717) is 5.76 Å². The summed E-state index contributed by atoms with van der Waals surface area (Å²) in [5, 5.41) is 1.80. The Balaban J connectivity index is 2.44. The van der Waals surface area contributed by atoms with Gasteiger partial charge in [-0.3, -0.25) is 10.1 Å². The summed E-state index contributed by atoms with van der Waals surface area (Å²) in [5.74, 6) is -1.05. The van der Waals surface area contributed by atoms with Crippen LogP contribution in [0.1, 0.15) is 12.7 Å². The lowest BCUT2D eigenvalue weighted by Crippen LogP contribution is -2.42. The maximum Gasteiger partial charge on any atom is 0.331 e. The van der Waals surface area contributed by atoms with Crippen molar-refractivity contribution in [2.45, 2.75) is 13.0 Å². The third-order valence-corrected chi connectivity index (χ3v) is 1.84. The molecular weight excluding hydrogens is 240 g/mol. The van der Waals surface area contributed by atoms with E-state index < -0.39 is 24.0 Å². The van der Waals surface area contributed by atoms with Crippen LogP contribution in [-0.2, 0) is 14.3 Å². The first-order chi connectivity index (χ1) is 8.49. The van der Waals surface area contributed by atoms with E-state index in [2.05, 4.69) is 0 Å². The Morgan fingerprint density at radius 3 is 2.78 bits per heavy atom. The Kier molecular flexibility index (Phi) is 4.67. The average molecular weight is 252 g/mol. The molecule has 0 bridgehead atoms. The highest BCUT2D eigenvalue weighted by Gasteiger charge is 2.17. The molecule has 96 valence electrons. The van der Waals surface area contributed by atoms with Crippen molar-refractivity contribution in [2.24, 2.45) is 5.73 Å². The quantitative estimate of drug-likeness (QED) is 0.595. The molecule has 0 radical (unpaired) electrons. The predicted octanol–water partition coefficient (Wildman–Crippen LogP) is 0.419. The summed E-state index contributed by atoms with van der Waals surface area (Å²) in [6.45, 7) is 1.32. The van der Waals surface area contributed by atoms with Gasteiger partial charge in [0.15, 0.2) is 6.10 Å². The molecule has 0 saturated carbocycles. The fourth-order valence-electron chi connectivity index (χ4n) is 1.03. The zero-order valence-electron chi connectivity index (χ0n) is 9.58. The molecule has 3 N–H and O–H groups in total. The van der Waals surface area contributed by atoms with Crippen LogP contribution in [0, 0.1) is 0 Å². The molecule has 0 fully saturated rings. The number of carbonyl (C=O) groups is 3. The number of nitrogens with one attached hydrogen (secondary N) is 1. The lowest BCUT2D eigenvalue weighted by Gasteiger charge is -2.09. The molecule has 0 aliphatic heterocycles. The van der Waals surface area contributed by atoms with Gasteiger partial charge in [0.2, 0.25) is 0 Å². The van der Waals surface area contributed by atoms with Gasteiger partial charge in [-0.15, -0.1) is 0 Å². The molecule has 0 unspecified atom stereocenters. The number of rotatable bonds is 4. The van der Waals surface area contributed by atoms with Gasteiger partial charge in [0, 0.05) is 6.08 Å². The molecule has 18 heavy (non-hydrogen) atoms. The minimum Gasteiger partial charge on any atom is -0.465 e. The number of primary amides is 1. The second-order valence-corrected chi connectivity index (χ2v) is 3.28. The minimum absolute atomic E-state index is 0.473. The average Bonchev–Trinajstić information content (AvgIpc) is 2.78. The highest BCUT2D eigenvalue weighted by molar-refractivity contribution is 5.97. The molecule has 0 spiro atoms. The van der Waals surface area contributed by atoms with Crippen molar-refractivity contribution in [1.82, 2.24) is 5.32 Å². The number of hydrogen-bond acceptors (Lipinski definition) is 5. The number of urea groups is 1. The first kappa shape index (κ1) is 13.5. The number of ether oxygens (including phenoxy) is 1. The first-order valence-corrected chi connectivity index (χ1v) is 5.01. The molecular formula is C11H12N2O5. The fourth-order valence-corrected chi connectivity index (χ4v) is 1.03. The van der Waals surface area contributed by atoms with Crippen LogP contribution in [-0.4, -0.2) is 24.0 Å². The standard InChI is InChI=1S/C11H12N2O5/c1-7(10(15)13-11(12)16)18-9(14)5-4-8-3-2-6-17-8/h2-7H,1H3,(H3,12,13,15,16)/b5-4+/t7-/m0/s1. The third-order valence-electron chi connectivity index (χ3n) is 1.84. The number of hydrogen-bond donors (Lipinski definition) is 2.